The van der Waals surface area contributed by atoms with Crippen LogP contribution in [0.25, 0.3) is 0 Å². The van der Waals surface area contributed by atoms with Crippen molar-refractivity contribution in [2.45, 2.75) is 51.0 Å². The maximum absolute atomic E-state index is 12.9. The summed E-state index contributed by atoms with van der Waals surface area (Å²) in [5.74, 6) is 0.697. The first-order chi connectivity index (χ1) is 11.8. The second-order valence-corrected chi connectivity index (χ2v) is 8.42. The van der Waals surface area contributed by atoms with E-state index in [1.807, 2.05) is 26.8 Å². The molecule has 1 aliphatic carbocycles. The topological polar surface area (TPSA) is 55.4 Å². The number of hydrogen-bond acceptors (Lipinski definition) is 3. The number of aryl methyl sites for hydroxylation is 2. The molecule has 0 saturated carbocycles. The Morgan fingerprint density at radius 2 is 1.76 bits per heavy atom. The number of fused-ring (bicyclic) bond motifs is 1. The zero-order valence-corrected chi connectivity index (χ0v) is 16.0. The highest BCUT2D eigenvalue weighted by Crippen LogP contribution is 2.29. The molecule has 0 saturated heterocycles. The molecule has 134 valence electrons. The predicted molar refractivity (Wildman–Crippen MR) is 99.7 cm³/mol. The van der Waals surface area contributed by atoms with Crippen LogP contribution in [0, 0.1) is 13.8 Å². The van der Waals surface area contributed by atoms with E-state index in [1.54, 1.807) is 19.2 Å². The second-order valence-electron chi connectivity index (χ2n) is 6.74. The largest absolute Gasteiger partial charge is 0.496 e. The molecule has 0 heterocycles. The fourth-order valence-electron chi connectivity index (χ4n) is 3.51. The molecule has 0 fully saturated rings. The summed E-state index contributed by atoms with van der Waals surface area (Å²) in [6.07, 6.45) is 3.39. The van der Waals surface area contributed by atoms with Gasteiger partial charge >= 0.3 is 0 Å². The van der Waals surface area contributed by atoms with Gasteiger partial charge in [-0.25, -0.2) is 13.1 Å². The Balaban J connectivity index is 1.87. The standard InChI is InChI=1S/C20H25NO3S/c1-13-14(2)20(11-10-19(13)24-4)25(22,23)21-15(3)17-9-8-16-6-5-7-18(16)12-17/h8-12,15,21H,5-7H2,1-4H3/t15-/m1/s1. The molecule has 5 heteroatoms. The summed E-state index contributed by atoms with van der Waals surface area (Å²) in [5, 5.41) is 0. The maximum atomic E-state index is 12.9. The minimum absolute atomic E-state index is 0.280. The number of nitrogens with one attached hydrogen (secondary N) is 1. The van der Waals surface area contributed by atoms with E-state index in [0.29, 0.717) is 16.2 Å². The first-order valence-corrected chi connectivity index (χ1v) is 10.1. The van der Waals surface area contributed by atoms with E-state index >= 15 is 0 Å². The van der Waals surface area contributed by atoms with Gasteiger partial charge in [0.1, 0.15) is 5.75 Å². The van der Waals surface area contributed by atoms with Crippen LogP contribution in [0.2, 0.25) is 0 Å². The number of benzene rings is 2. The number of hydrogen-bond donors (Lipinski definition) is 1. The Morgan fingerprint density at radius 3 is 2.48 bits per heavy atom. The Kier molecular flexibility index (Phi) is 4.89. The SMILES string of the molecule is COc1ccc(S(=O)(=O)N[C@H](C)c2ccc3c(c2)CCC3)c(C)c1C. The van der Waals surface area contributed by atoms with Crippen LogP contribution in [-0.4, -0.2) is 15.5 Å². The Bertz CT molecular complexity index is 903. The van der Waals surface area contributed by atoms with Gasteiger partial charge in [0.25, 0.3) is 0 Å². The molecule has 4 nitrogen and oxygen atoms in total. The van der Waals surface area contributed by atoms with E-state index in [4.69, 9.17) is 4.74 Å². The quantitative estimate of drug-likeness (QED) is 0.882. The average Bonchev–Trinajstić information content (AvgIpc) is 3.04. The van der Waals surface area contributed by atoms with Crippen LogP contribution in [-0.2, 0) is 22.9 Å². The van der Waals surface area contributed by atoms with Gasteiger partial charge in [-0.1, -0.05) is 18.2 Å². The number of methoxy groups -OCH3 is 1. The van der Waals surface area contributed by atoms with Crippen molar-refractivity contribution in [1.82, 2.24) is 4.72 Å². The summed E-state index contributed by atoms with van der Waals surface area (Å²) in [5.41, 5.74) is 5.30. The summed E-state index contributed by atoms with van der Waals surface area (Å²) in [4.78, 5) is 0.304. The van der Waals surface area contributed by atoms with E-state index in [2.05, 4.69) is 16.9 Å². The molecule has 0 aliphatic heterocycles. The van der Waals surface area contributed by atoms with Gasteiger partial charge in [0.15, 0.2) is 0 Å². The molecule has 1 aliphatic rings. The number of ether oxygens (including phenoxy) is 1. The first kappa shape index (κ1) is 18.0. The molecule has 1 atom stereocenters. The van der Waals surface area contributed by atoms with Gasteiger partial charge in [-0.2, -0.15) is 0 Å². The normalized spacial score (nSPS) is 15.0. The third-order valence-corrected chi connectivity index (χ3v) is 6.84. The van der Waals surface area contributed by atoms with E-state index in [-0.39, 0.29) is 6.04 Å². The van der Waals surface area contributed by atoms with Crippen LogP contribution in [0.1, 0.15) is 47.2 Å². The molecule has 1 N–H and O–H groups in total. The van der Waals surface area contributed by atoms with Crippen LogP contribution < -0.4 is 9.46 Å². The van der Waals surface area contributed by atoms with Gasteiger partial charge < -0.3 is 4.74 Å². The summed E-state index contributed by atoms with van der Waals surface area (Å²) in [6, 6.07) is 9.34. The molecule has 2 aromatic carbocycles. The lowest BCUT2D eigenvalue weighted by Gasteiger charge is -2.18. The monoisotopic (exact) mass is 359 g/mol. The van der Waals surface area contributed by atoms with Gasteiger partial charge in [0, 0.05) is 6.04 Å². The highest BCUT2D eigenvalue weighted by atomic mass is 32.2. The van der Waals surface area contributed by atoms with Gasteiger partial charge in [0.2, 0.25) is 10.0 Å². The molecule has 0 bridgehead atoms. The fourth-order valence-corrected chi connectivity index (χ4v) is 5.04. The molecule has 0 unspecified atom stereocenters. The summed E-state index contributed by atoms with van der Waals surface area (Å²) in [7, 11) is -2.02. The Labute approximate surface area is 150 Å². The Hall–Kier alpha value is -1.85. The Morgan fingerprint density at radius 1 is 1.04 bits per heavy atom. The lowest BCUT2D eigenvalue weighted by molar-refractivity contribution is 0.410. The molecule has 0 aromatic heterocycles. The third kappa shape index (κ3) is 3.44. The summed E-state index contributed by atoms with van der Waals surface area (Å²) >= 11 is 0. The van der Waals surface area contributed by atoms with Crippen molar-refractivity contribution in [1.29, 1.82) is 0 Å². The van der Waals surface area contributed by atoms with E-state index in [1.165, 1.54) is 17.5 Å². The molecule has 3 rings (SSSR count). The minimum atomic E-state index is -3.61. The summed E-state index contributed by atoms with van der Waals surface area (Å²) in [6.45, 7) is 5.57. The number of sulfonamides is 1. The van der Waals surface area contributed by atoms with Crippen molar-refractivity contribution >= 4 is 10.0 Å². The molecule has 0 radical (unpaired) electrons. The van der Waals surface area contributed by atoms with Gasteiger partial charge in [0.05, 0.1) is 12.0 Å². The van der Waals surface area contributed by atoms with Crippen LogP contribution in [0.4, 0.5) is 0 Å². The molecule has 0 spiro atoms. The van der Waals surface area contributed by atoms with Crippen molar-refractivity contribution in [3.8, 4) is 5.75 Å². The van der Waals surface area contributed by atoms with Crippen LogP contribution in [0.15, 0.2) is 35.2 Å². The fraction of sp³-hybridized carbons (Fsp3) is 0.400. The molecule has 25 heavy (non-hydrogen) atoms. The molecular formula is C20H25NO3S. The van der Waals surface area contributed by atoms with Crippen molar-refractivity contribution in [3.63, 3.8) is 0 Å². The van der Waals surface area contributed by atoms with Crippen molar-refractivity contribution in [2.24, 2.45) is 0 Å². The second kappa shape index (κ2) is 6.81. The minimum Gasteiger partial charge on any atom is -0.496 e. The van der Waals surface area contributed by atoms with Crippen molar-refractivity contribution in [3.05, 3.63) is 58.1 Å². The molecule has 2 aromatic rings. The smallest absolute Gasteiger partial charge is 0.241 e. The lowest BCUT2D eigenvalue weighted by Crippen LogP contribution is -2.27. The average molecular weight is 359 g/mol. The predicted octanol–water partition coefficient (Wildman–Crippen LogP) is 3.84. The highest BCUT2D eigenvalue weighted by Gasteiger charge is 2.23. The van der Waals surface area contributed by atoms with Crippen molar-refractivity contribution in [2.75, 3.05) is 7.11 Å². The summed E-state index contributed by atoms with van der Waals surface area (Å²) < 4.78 is 33.8. The van der Waals surface area contributed by atoms with Gasteiger partial charge in [-0.15, -0.1) is 0 Å². The van der Waals surface area contributed by atoms with E-state index in [0.717, 1.165) is 24.0 Å². The van der Waals surface area contributed by atoms with Gasteiger partial charge in [-0.3, -0.25) is 0 Å². The van der Waals surface area contributed by atoms with Crippen LogP contribution in [0.3, 0.4) is 0 Å². The lowest BCUT2D eigenvalue weighted by atomic mass is 10.0. The number of rotatable bonds is 5. The zero-order chi connectivity index (χ0) is 18.2. The highest BCUT2D eigenvalue weighted by molar-refractivity contribution is 7.89. The molecule has 0 amide bonds. The van der Waals surface area contributed by atoms with Gasteiger partial charge in [-0.05, 0) is 80.0 Å². The van der Waals surface area contributed by atoms with Crippen molar-refractivity contribution < 1.29 is 13.2 Å². The van der Waals surface area contributed by atoms with Crippen LogP contribution >= 0.6 is 0 Å². The molecular weight excluding hydrogens is 334 g/mol. The van der Waals surface area contributed by atoms with E-state index < -0.39 is 10.0 Å². The third-order valence-electron chi connectivity index (χ3n) is 5.15. The van der Waals surface area contributed by atoms with Crippen LogP contribution in [0.5, 0.6) is 5.75 Å². The zero-order valence-electron chi connectivity index (χ0n) is 15.2. The maximum Gasteiger partial charge on any atom is 0.241 e. The van der Waals surface area contributed by atoms with E-state index in [9.17, 15) is 8.42 Å². The first-order valence-electron chi connectivity index (χ1n) is 8.61.